The van der Waals surface area contributed by atoms with E-state index in [0.29, 0.717) is 18.3 Å². The molecule has 0 atom stereocenters. The van der Waals surface area contributed by atoms with Gasteiger partial charge in [0.25, 0.3) is 0 Å². The van der Waals surface area contributed by atoms with Crippen LogP contribution in [0, 0.1) is 0 Å². The smallest absolute Gasteiger partial charge is 0.156 e. The van der Waals surface area contributed by atoms with Gasteiger partial charge in [-0.15, -0.1) is 0 Å². The van der Waals surface area contributed by atoms with E-state index in [0.717, 1.165) is 5.82 Å². The van der Waals surface area contributed by atoms with Crippen molar-refractivity contribution in [2.75, 3.05) is 13.2 Å². The second-order valence-corrected chi connectivity index (χ2v) is 4.18. The van der Waals surface area contributed by atoms with Crippen LogP contribution in [-0.2, 0) is 0 Å². The first-order valence-corrected chi connectivity index (χ1v) is 5.96. The van der Waals surface area contributed by atoms with Crippen molar-refractivity contribution in [3.05, 3.63) is 18.2 Å². The third-order valence-electron chi connectivity index (χ3n) is 2.98. The van der Waals surface area contributed by atoms with Gasteiger partial charge >= 0.3 is 0 Å². The SMILES string of the molecule is OCCOc1cnc(C2CCCCC2)nc1. The summed E-state index contributed by atoms with van der Waals surface area (Å²) in [6, 6.07) is 0. The molecule has 88 valence electrons. The standard InChI is InChI=1S/C12H18N2O2/c15-6-7-16-11-8-13-12(14-9-11)10-4-2-1-3-5-10/h8-10,15H,1-7H2. The van der Waals surface area contributed by atoms with Crippen LogP contribution in [0.5, 0.6) is 5.75 Å². The second kappa shape index (κ2) is 5.80. The highest BCUT2D eigenvalue weighted by atomic mass is 16.5. The predicted octanol–water partition coefficient (Wildman–Crippen LogP) is 1.90. The van der Waals surface area contributed by atoms with Crippen molar-refractivity contribution in [3.8, 4) is 5.75 Å². The Balaban J connectivity index is 1.95. The quantitative estimate of drug-likeness (QED) is 0.845. The Hall–Kier alpha value is -1.16. The van der Waals surface area contributed by atoms with Gasteiger partial charge < -0.3 is 9.84 Å². The number of hydrogen-bond acceptors (Lipinski definition) is 4. The second-order valence-electron chi connectivity index (χ2n) is 4.18. The van der Waals surface area contributed by atoms with Crippen LogP contribution >= 0.6 is 0 Å². The summed E-state index contributed by atoms with van der Waals surface area (Å²) in [5.41, 5.74) is 0. The number of aliphatic hydroxyl groups excluding tert-OH is 1. The number of hydrogen-bond donors (Lipinski definition) is 1. The Morgan fingerprint density at radius 1 is 1.19 bits per heavy atom. The van der Waals surface area contributed by atoms with E-state index in [1.165, 1.54) is 32.1 Å². The Morgan fingerprint density at radius 2 is 1.88 bits per heavy atom. The summed E-state index contributed by atoms with van der Waals surface area (Å²) in [6.45, 7) is 0.316. The number of ether oxygens (including phenoxy) is 1. The lowest BCUT2D eigenvalue weighted by molar-refractivity contribution is 0.200. The van der Waals surface area contributed by atoms with E-state index in [-0.39, 0.29) is 6.61 Å². The van der Waals surface area contributed by atoms with E-state index in [9.17, 15) is 0 Å². The molecule has 1 fully saturated rings. The van der Waals surface area contributed by atoms with Crippen LogP contribution in [0.3, 0.4) is 0 Å². The molecule has 1 aromatic heterocycles. The van der Waals surface area contributed by atoms with Crippen LogP contribution in [0.15, 0.2) is 12.4 Å². The van der Waals surface area contributed by atoms with E-state index in [4.69, 9.17) is 9.84 Å². The lowest BCUT2D eigenvalue weighted by Gasteiger charge is -2.19. The average molecular weight is 222 g/mol. The van der Waals surface area contributed by atoms with Gasteiger partial charge in [-0.05, 0) is 12.8 Å². The zero-order valence-electron chi connectivity index (χ0n) is 9.43. The third-order valence-corrected chi connectivity index (χ3v) is 2.98. The molecule has 1 N–H and O–H groups in total. The molecule has 1 aliphatic carbocycles. The molecular formula is C12H18N2O2. The molecule has 0 unspecified atom stereocenters. The zero-order chi connectivity index (χ0) is 11.2. The summed E-state index contributed by atoms with van der Waals surface area (Å²) in [4.78, 5) is 8.68. The van der Waals surface area contributed by atoms with Gasteiger partial charge in [-0.1, -0.05) is 19.3 Å². The molecule has 1 heterocycles. The van der Waals surface area contributed by atoms with E-state index in [1.54, 1.807) is 12.4 Å². The van der Waals surface area contributed by atoms with Gasteiger partial charge in [-0.25, -0.2) is 9.97 Å². The Kier molecular flexibility index (Phi) is 4.10. The highest BCUT2D eigenvalue weighted by Gasteiger charge is 2.17. The summed E-state index contributed by atoms with van der Waals surface area (Å²) in [5.74, 6) is 2.10. The maximum absolute atomic E-state index is 8.62. The topological polar surface area (TPSA) is 55.2 Å². The number of rotatable bonds is 4. The molecule has 0 saturated heterocycles. The molecule has 0 amide bonds. The molecule has 0 bridgehead atoms. The van der Waals surface area contributed by atoms with Gasteiger partial charge in [-0.2, -0.15) is 0 Å². The van der Waals surface area contributed by atoms with Crippen molar-refractivity contribution in [2.45, 2.75) is 38.0 Å². The molecule has 1 saturated carbocycles. The lowest BCUT2D eigenvalue weighted by atomic mass is 9.89. The van der Waals surface area contributed by atoms with Gasteiger partial charge in [0.15, 0.2) is 5.75 Å². The Labute approximate surface area is 95.7 Å². The average Bonchev–Trinajstić information content (AvgIpc) is 2.38. The van der Waals surface area contributed by atoms with E-state index < -0.39 is 0 Å². The molecule has 0 aromatic carbocycles. The summed E-state index contributed by atoms with van der Waals surface area (Å²) in [7, 11) is 0. The highest BCUT2D eigenvalue weighted by molar-refractivity contribution is 5.13. The fourth-order valence-corrected chi connectivity index (χ4v) is 2.14. The monoisotopic (exact) mass is 222 g/mol. The number of aliphatic hydroxyl groups is 1. The van der Waals surface area contributed by atoms with E-state index in [2.05, 4.69) is 9.97 Å². The van der Waals surface area contributed by atoms with Crippen LogP contribution in [0.2, 0.25) is 0 Å². The summed E-state index contributed by atoms with van der Waals surface area (Å²) in [5, 5.41) is 8.62. The first kappa shape index (κ1) is 11.3. The highest BCUT2D eigenvalue weighted by Crippen LogP contribution is 2.30. The molecule has 1 aromatic rings. The largest absolute Gasteiger partial charge is 0.488 e. The summed E-state index contributed by atoms with van der Waals surface area (Å²) in [6.07, 6.45) is 9.73. The lowest BCUT2D eigenvalue weighted by Crippen LogP contribution is -2.09. The van der Waals surface area contributed by atoms with Gasteiger partial charge in [0.2, 0.25) is 0 Å². The molecule has 16 heavy (non-hydrogen) atoms. The van der Waals surface area contributed by atoms with E-state index >= 15 is 0 Å². The maximum atomic E-state index is 8.62. The Morgan fingerprint density at radius 3 is 2.50 bits per heavy atom. The zero-order valence-corrected chi connectivity index (χ0v) is 9.43. The van der Waals surface area contributed by atoms with Gasteiger partial charge in [-0.3, -0.25) is 0 Å². The van der Waals surface area contributed by atoms with Crippen molar-refractivity contribution in [1.82, 2.24) is 9.97 Å². The fourth-order valence-electron chi connectivity index (χ4n) is 2.14. The van der Waals surface area contributed by atoms with Crippen LogP contribution in [0.1, 0.15) is 43.8 Å². The van der Waals surface area contributed by atoms with Crippen molar-refractivity contribution in [1.29, 1.82) is 0 Å². The number of aromatic nitrogens is 2. The molecule has 4 heteroatoms. The van der Waals surface area contributed by atoms with Crippen molar-refractivity contribution in [2.24, 2.45) is 0 Å². The molecular weight excluding hydrogens is 204 g/mol. The van der Waals surface area contributed by atoms with Gasteiger partial charge in [0, 0.05) is 5.92 Å². The first-order valence-electron chi connectivity index (χ1n) is 5.96. The minimum Gasteiger partial charge on any atom is -0.488 e. The molecule has 0 radical (unpaired) electrons. The van der Waals surface area contributed by atoms with Crippen molar-refractivity contribution >= 4 is 0 Å². The minimum absolute atomic E-state index is 0.0182. The predicted molar refractivity (Wildman–Crippen MR) is 60.4 cm³/mol. The normalized spacial score (nSPS) is 17.3. The maximum Gasteiger partial charge on any atom is 0.156 e. The molecule has 0 spiro atoms. The molecule has 0 aliphatic heterocycles. The van der Waals surface area contributed by atoms with Gasteiger partial charge in [0.05, 0.1) is 19.0 Å². The fraction of sp³-hybridized carbons (Fsp3) is 0.667. The van der Waals surface area contributed by atoms with Crippen LogP contribution < -0.4 is 4.74 Å². The van der Waals surface area contributed by atoms with Crippen molar-refractivity contribution < 1.29 is 9.84 Å². The molecule has 2 rings (SSSR count). The van der Waals surface area contributed by atoms with Crippen LogP contribution in [0.4, 0.5) is 0 Å². The molecule has 1 aliphatic rings. The van der Waals surface area contributed by atoms with E-state index in [1.807, 2.05) is 0 Å². The summed E-state index contributed by atoms with van der Waals surface area (Å²) >= 11 is 0. The third kappa shape index (κ3) is 2.92. The molecule has 4 nitrogen and oxygen atoms in total. The Bertz CT molecular complexity index is 307. The summed E-state index contributed by atoms with van der Waals surface area (Å²) < 4.78 is 5.22. The van der Waals surface area contributed by atoms with Crippen LogP contribution in [0.25, 0.3) is 0 Å². The minimum atomic E-state index is 0.0182. The van der Waals surface area contributed by atoms with Crippen LogP contribution in [-0.4, -0.2) is 28.3 Å². The van der Waals surface area contributed by atoms with Crippen molar-refractivity contribution in [3.63, 3.8) is 0 Å². The first-order chi connectivity index (χ1) is 7.90. The number of nitrogens with zero attached hydrogens (tertiary/aromatic N) is 2. The van der Waals surface area contributed by atoms with Gasteiger partial charge in [0.1, 0.15) is 12.4 Å².